The monoisotopic (exact) mass is 653 g/mol. The maximum atomic E-state index is 15.1. The van der Waals surface area contributed by atoms with Gasteiger partial charge in [0.05, 0.1) is 39.4 Å². The molecule has 11 nitrogen and oxygen atoms in total. The maximum Gasteiger partial charge on any atom is 0.337 e. The number of hydrogen-bond donors (Lipinski definition) is 0. The fourth-order valence-corrected chi connectivity index (χ4v) is 7.63. The topological polar surface area (TPSA) is 114 Å². The largest absolute Gasteiger partial charge is 0.497 e. The van der Waals surface area contributed by atoms with Crippen LogP contribution in [0.1, 0.15) is 28.4 Å². The van der Waals surface area contributed by atoms with E-state index in [9.17, 15) is 9.59 Å². The minimum Gasteiger partial charge on any atom is -0.497 e. The zero-order valence-electron chi connectivity index (χ0n) is 26.4. The first-order chi connectivity index (χ1) is 22.9. The molecule has 0 radical (unpaired) electrons. The highest BCUT2D eigenvalue weighted by molar-refractivity contribution is 8.01. The van der Waals surface area contributed by atoms with Gasteiger partial charge in [0.25, 0.3) is 0 Å². The van der Waals surface area contributed by atoms with Gasteiger partial charge < -0.3 is 28.9 Å². The van der Waals surface area contributed by atoms with Gasteiger partial charge in [-0.3, -0.25) is 9.59 Å². The zero-order chi connectivity index (χ0) is 33.0. The number of methoxy groups -OCH3 is 3. The Labute approximate surface area is 277 Å². The van der Waals surface area contributed by atoms with Gasteiger partial charge in [-0.2, -0.15) is 0 Å². The van der Waals surface area contributed by atoms with Crippen LogP contribution < -0.4 is 19.3 Å². The number of piperazine rings is 1. The molecule has 0 bridgehead atoms. The second-order valence-electron chi connectivity index (χ2n) is 11.2. The van der Waals surface area contributed by atoms with Crippen LogP contribution in [0.3, 0.4) is 0 Å². The molecule has 0 saturated carbocycles. The second kappa shape index (κ2) is 13.7. The van der Waals surface area contributed by atoms with Crippen molar-refractivity contribution in [1.82, 2.24) is 14.9 Å². The summed E-state index contributed by atoms with van der Waals surface area (Å²) >= 11 is 1.38. The quantitative estimate of drug-likeness (QED) is 0.237. The zero-order valence-corrected chi connectivity index (χ0v) is 27.2. The lowest BCUT2D eigenvalue weighted by Gasteiger charge is -2.42. The van der Waals surface area contributed by atoms with E-state index in [4.69, 9.17) is 14.2 Å². The fraction of sp³-hybridized carbons (Fsp3) is 0.286. The number of rotatable bonds is 9. The molecule has 3 aromatic carbocycles. The number of amides is 2. The van der Waals surface area contributed by atoms with Gasteiger partial charge in [0.2, 0.25) is 17.8 Å². The van der Waals surface area contributed by atoms with E-state index in [1.807, 2.05) is 53.4 Å². The van der Waals surface area contributed by atoms with Gasteiger partial charge in [-0.25, -0.2) is 14.8 Å². The van der Waals surface area contributed by atoms with Crippen molar-refractivity contribution in [2.45, 2.75) is 22.1 Å². The molecule has 0 N–H and O–H groups in total. The van der Waals surface area contributed by atoms with Crippen LogP contribution in [0.5, 0.6) is 11.5 Å². The summed E-state index contributed by atoms with van der Waals surface area (Å²) in [6.45, 7) is 1.96. The van der Waals surface area contributed by atoms with E-state index in [2.05, 4.69) is 14.9 Å². The van der Waals surface area contributed by atoms with E-state index in [1.165, 1.54) is 18.9 Å². The van der Waals surface area contributed by atoms with Gasteiger partial charge in [-0.1, -0.05) is 18.2 Å². The average Bonchev–Trinajstić information content (AvgIpc) is 3.43. The molecule has 2 amide bonds. The Bertz CT molecular complexity index is 1730. The Hall–Kier alpha value is -5.10. The van der Waals surface area contributed by atoms with Crippen LogP contribution in [0.25, 0.3) is 0 Å². The number of benzene rings is 3. The van der Waals surface area contributed by atoms with E-state index in [0.717, 1.165) is 10.5 Å². The standard InChI is InChI=1S/C35H35N5O6S/c1-44-27-10-8-24(9-11-27)31-35(47-29-14-12-28(45-2)13-15-29,23-30(41)40(31)26-7-4-6-25(22-26)32(42)46-3)33(43)38-18-20-39(21-19-38)34-36-16-5-17-37-34/h4-17,22,31H,18-21,23H2,1-3H3/t31-,35-/m1/s1. The summed E-state index contributed by atoms with van der Waals surface area (Å²) in [5.74, 6) is 1.05. The van der Waals surface area contributed by atoms with Gasteiger partial charge >= 0.3 is 5.97 Å². The van der Waals surface area contributed by atoms with Crippen molar-refractivity contribution in [3.63, 3.8) is 0 Å². The summed E-state index contributed by atoms with van der Waals surface area (Å²) in [7, 11) is 4.50. The summed E-state index contributed by atoms with van der Waals surface area (Å²) in [5, 5.41) is 0. The van der Waals surface area contributed by atoms with E-state index >= 15 is 4.79 Å². The van der Waals surface area contributed by atoms with Crippen molar-refractivity contribution in [3.05, 3.63) is 102 Å². The predicted octanol–water partition coefficient (Wildman–Crippen LogP) is 4.64. The molecular weight excluding hydrogens is 618 g/mol. The Morgan fingerprint density at radius 2 is 1.47 bits per heavy atom. The van der Waals surface area contributed by atoms with Crippen LogP contribution in [0.4, 0.5) is 11.6 Å². The molecule has 2 fully saturated rings. The van der Waals surface area contributed by atoms with Crippen LogP contribution in [0.2, 0.25) is 0 Å². The van der Waals surface area contributed by atoms with Gasteiger partial charge in [0.15, 0.2) is 0 Å². The lowest BCUT2D eigenvalue weighted by atomic mass is 9.90. The highest BCUT2D eigenvalue weighted by atomic mass is 32.2. The molecule has 242 valence electrons. The van der Waals surface area contributed by atoms with Crippen molar-refractivity contribution < 1.29 is 28.6 Å². The van der Waals surface area contributed by atoms with Crippen LogP contribution in [-0.4, -0.2) is 84.9 Å². The first kappa shape index (κ1) is 31.9. The van der Waals surface area contributed by atoms with Crippen molar-refractivity contribution in [2.24, 2.45) is 0 Å². The summed E-state index contributed by atoms with van der Waals surface area (Å²) in [4.78, 5) is 57.1. The molecule has 0 unspecified atom stereocenters. The molecule has 2 aliphatic heterocycles. The van der Waals surface area contributed by atoms with Crippen molar-refractivity contribution in [1.29, 1.82) is 0 Å². The lowest BCUT2D eigenvalue weighted by molar-refractivity contribution is -0.135. The third-order valence-corrected chi connectivity index (χ3v) is 9.90. The van der Waals surface area contributed by atoms with Crippen molar-refractivity contribution in [3.8, 4) is 11.5 Å². The van der Waals surface area contributed by atoms with Crippen LogP contribution in [0.15, 0.2) is 96.2 Å². The van der Waals surface area contributed by atoms with Crippen LogP contribution in [-0.2, 0) is 14.3 Å². The minimum absolute atomic E-state index is 0.0658. The Morgan fingerprint density at radius 3 is 2.09 bits per heavy atom. The molecule has 3 heterocycles. The van der Waals surface area contributed by atoms with Gasteiger partial charge in [-0.15, -0.1) is 11.8 Å². The Kier molecular flexibility index (Phi) is 9.30. The number of ether oxygens (including phenoxy) is 3. The molecule has 0 aliphatic carbocycles. The summed E-state index contributed by atoms with van der Waals surface area (Å²) in [6.07, 6.45) is 3.34. The lowest BCUT2D eigenvalue weighted by Crippen LogP contribution is -2.56. The molecular formula is C35H35N5O6S. The van der Waals surface area contributed by atoms with E-state index in [0.29, 0.717) is 54.9 Å². The third-order valence-electron chi connectivity index (χ3n) is 8.48. The molecule has 0 spiro atoms. The number of esters is 1. The van der Waals surface area contributed by atoms with E-state index in [-0.39, 0.29) is 18.2 Å². The van der Waals surface area contributed by atoms with Gasteiger partial charge in [-0.05, 0) is 66.2 Å². The molecule has 4 aromatic rings. The number of carbonyl (C=O) groups excluding carboxylic acids is 3. The first-order valence-corrected chi connectivity index (χ1v) is 16.0. The van der Waals surface area contributed by atoms with Crippen LogP contribution >= 0.6 is 11.8 Å². The SMILES string of the molecule is COC(=O)c1cccc(N2C(=O)C[C@](Sc3ccc(OC)cc3)(C(=O)N3CCN(c4ncccn4)CC3)[C@H]2c2ccc(OC)cc2)c1. The predicted molar refractivity (Wildman–Crippen MR) is 178 cm³/mol. The summed E-state index contributed by atoms with van der Waals surface area (Å²) < 4.78 is 14.5. The molecule has 2 atom stereocenters. The van der Waals surface area contributed by atoms with Gasteiger partial charge in [0.1, 0.15) is 16.2 Å². The average molecular weight is 654 g/mol. The second-order valence-corrected chi connectivity index (χ2v) is 12.6. The minimum atomic E-state index is -1.27. The number of nitrogens with zero attached hydrogens (tertiary/aromatic N) is 5. The molecule has 2 aliphatic rings. The third kappa shape index (κ3) is 6.33. The Morgan fingerprint density at radius 1 is 0.830 bits per heavy atom. The molecule has 1 aromatic heterocycles. The normalized spacial score (nSPS) is 19.4. The van der Waals surface area contributed by atoms with Gasteiger partial charge in [0, 0.05) is 49.2 Å². The smallest absolute Gasteiger partial charge is 0.337 e. The Balaban J connectivity index is 1.45. The first-order valence-electron chi connectivity index (χ1n) is 15.2. The molecule has 12 heteroatoms. The van der Waals surface area contributed by atoms with Crippen LogP contribution in [0, 0.1) is 0 Å². The number of hydrogen-bond acceptors (Lipinski definition) is 10. The summed E-state index contributed by atoms with van der Waals surface area (Å²) in [6, 6.07) is 22.7. The highest BCUT2D eigenvalue weighted by Crippen LogP contribution is 2.55. The number of carbonyl (C=O) groups is 3. The number of anilines is 2. The number of thioether (sulfide) groups is 1. The van der Waals surface area contributed by atoms with Crippen molar-refractivity contribution >= 4 is 41.2 Å². The summed E-state index contributed by atoms with van der Waals surface area (Å²) in [5.41, 5.74) is 1.55. The maximum absolute atomic E-state index is 15.1. The number of aromatic nitrogens is 2. The fourth-order valence-electron chi connectivity index (χ4n) is 6.17. The highest BCUT2D eigenvalue weighted by Gasteiger charge is 2.60. The van der Waals surface area contributed by atoms with E-state index in [1.54, 1.807) is 61.8 Å². The molecule has 2 saturated heterocycles. The molecule has 6 rings (SSSR count). The van der Waals surface area contributed by atoms with Crippen molar-refractivity contribution in [2.75, 3.05) is 57.3 Å². The molecule has 47 heavy (non-hydrogen) atoms. The van der Waals surface area contributed by atoms with E-state index < -0.39 is 16.8 Å².